The van der Waals surface area contributed by atoms with Gasteiger partial charge >= 0.3 is 5.97 Å². The van der Waals surface area contributed by atoms with Gasteiger partial charge in [0.2, 0.25) is 0 Å². The summed E-state index contributed by atoms with van der Waals surface area (Å²) in [6, 6.07) is 0. The lowest BCUT2D eigenvalue weighted by molar-refractivity contribution is -0.137. The van der Waals surface area contributed by atoms with E-state index in [0.29, 0.717) is 25.7 Å². The van der Waals surface area contributed by atoms with E-state index in [1.807, 2.05) is 6.08 Å². The SMILES string of the molecule is CCCCC/C=C\C/C=C\[C@@H](O)CC[C@H](O)CCCC(=O)O. The summed E-state index contributed by atoms with van der Waals surface area (Å²) in [7, 11) is 0. The van der Waals surface area contributed by atoms with E-state index in [4.69, 9.17) is 5.11 Å². The van der Waals surface area contributed by atoms with Crippen LogP contribution in [0, 0.1) is 0 Å². The topological polar surface area (TPSA) is 77.8 Å². The molecule has 128 valence electrons. The normalized spacial score (nSPS) is 14.7. The molecule has 22 heavy (non-hydrogen) atoms. The largest absolute Gasteiger partial charge is 0.481 e. The minimum atomic E-state index is -0.835. The van der Waals surface area contributed by atoms with Crippen LogP contribution in [0.15, 0.2) is 24.3 Å². The van der Waals surface area contributed by atoms with E-state index in [1.54, 1.807) is 6.08 Å². The Balaban J connectivity index is 3.60. The number of aliphatic hydroxyl groups is 2. The molecular formula is C18H32O4. The molecule has 0 saturated heterocycles. The van der Waals surface area contributed by atoms with Crippen LogP contribution in [0.1, 0.15) is 71.1 Å². The van der Waals surface area contributed by atoms with Crippen LogP contribution in [-0.2, 0) is 4.79 Å². The summed E-state index contributed by atoms with van der Waals surface area (Å²) in [5.74, 6) is -0.835. The minimum absolute atomic E-state index is 0.0874. The Bertz CT molecular complexity index is 323. The highest BCUT2D eigenvalue weighted by molar-refractivity contribution is 5.66. The molecule has 0 radical (unpaired) electrons. The molecule has 4 nitrogen and oxygen atoms in total. The Labute approximate surface area is 134 Å². The zero-order valence-corrected chi connectivity index (χ0v) is 13.8. The fourth-order valence-corrected chi connectivity index (χ4v) is 2.13. The summed E-state index contributed by atoms with van der Waals surface area (Å²) >= 11 is 0. The van der Waals surface area contributed by atoms with Gasteiger partial charge in [0, 0.05) is 6.42 Å². The summed E-state index contributed by atoms with van der Waals surface area (Å²) in [6.45, 7) is 2.19. The molecule has 0 spiro atoms. The molecule has 4 heteroatoms. The van der Waals surface area contributed by atoms with E-state index in [-0.39, 0.29) is 6.42 Å². The molecule has 0 bridgehead atoms. The Hall–Kier alpha value is -1.13. The van der Waals surface area contributed by atoms with Crippen molar-refractivity contribution in [2.45, 2.75) is 83.3 Å². The van der Waals surface area contributed by atoms with E-state index >= 15 is 0 Å². The Kier molecular flexibility index (Phi) is 14.0. The predicted molar refractivity (Wildman–Crippen MR) is 89.8 cm³/mol. The van der Waals surface area contributed by atoms with Crippen molar-refractivity contribution in [1.82, 2.24) is 0 Å². The van der Waals surface area contributed by atoms with Crippen molar-refractivity contribution in [2.24, 2.45) is 0 Å². The van der Waals surface area contributed by atoms with Gasteiger partial charge in [-0.15, -0.1) is 0 Å². The molecule has 0 aliphatic carbocycles. The van der Waals surface area contributed by atoms with Crippen molar-refractivity contribution in [1.29, 1.82) is 0 Å². The molecule has 0 amide bonds. The molecule has 0 aliphatic heterocycles. The van der Waals surface area contributed by atoms with Gasteiger partial charge in [0.05, 0.1) is 12.2 Å². The maximum Gasteiger partial charge on any atom is 0.303 e. The zero-order chi connectivity index (χ0) is 16.6. The molecule has 0 unspecified atom stereocenters. The number of allylic oxidation sites excluding steroid dienone is 3. The van der Waals surface area contributed by atoms with Gasteiger partial charge in [-0.2, -0.15) is 0 Å². The molecule has 0 aliphatic rings. The third-order valence-electron chi connectivity index (χ3n) is 3.50. The molecule has 0 saturated carbocycles. The predicted octanol–water partition coefficient (Wildman–Crippen LogP) is 3.83. The van der Waals surface area contributed by atoms with Crippen molar-refractivity contribution in [3.63, 3.8) is 0 Å². The van der Waals surface area contributed by atoms with Crippen LogP contribution in [-0.4, -0.2) is 33.5 Å². The Morgan fingerprint density at radius 1 is 1.00 bits per heavy atom. The van der Waals surface area contributed by atoms with Crippen LogP contribution in [0.4, 0.5) is 0 Å². The molecule has 2 atom stereocenters. The fraction of sp³-hybridized carbons (Fsp3) is 0.722. The number of unbranched alkanes of at least 4 members (excludes halogenated alkanes) is 3. The Morgan fingerprint density at radius 2 is 1.77 bits per heavy atom. The minimum Gasteiger partial charge on any atom is -0.481 e. The average molecular weight is 312 g/mol. The quantitative estimate of drug-likeness (QED) is 0.336. The van der Waals surface area contributed by atoms with E-state index < -0.39 is 18.2 Å². The number of aliphatic carboxylic acids is 1. The smallest absolute Gasteiger partial charge is 0.303 e. The summed E-state index contributed by atoms with van der Waals surface area (Å²) in [6.07, 6.45) is 14.7. The van der Waals surface area contributed by atoms with Crippen LogP contribution in [0.3, 0.4) is 0 Å². The fourth-order valence-electron chi connectivity index (χ4n) is 2.13. The third-order valence-corrected chi connectivity index (χ3v) is 3.50. The van der Waals surface area contributed by atoms with Crippen molar-refractivity contribution >= 4 is 5.97 Å². The van der Waals surface area contributed by atoms with Gasteiger partial charge in [0.15, 0.2) is 0 Å². The van der Waals surface area contributed by atoms with Crippen LogP contribution < -0.4 is 0 Å². The van der Waals surface area contributed by atoms with Crippen molar-refractivity contribution in [3.8, 4) is 0 Å². The first kappa shape index (κ1) is 20.9. The summed E-state index contributed by atoms with van der Waals surface area (Å²) < 4.78 is 0. The van der Waals surface area contributed by atoms with Crippen LogP contribution >= 0.6 is 0 Å². The zero-order valence-electron chi connectivity index (χ0n) is 13.8. The van der Waals surface area contributed by atoms with Gasteiger partial charge in [-0.1, -0.05) is 44.1 Å². The van der Waals surface area contributed by atoms with Gasteiger partial charge in [-0.25, -0.2) is 0 Å². The van der Waals surface area contributed by atoms with E-state index in [0.717, 1.165) is 12.8 Å². The second-order valence-corrected chi connectivity index (χ2v) is 5.72. The van der Waals surface area contributed by atoms with Crippen molar-refractivity contribution in [3.05, 3.63) is 24.3 Å². The number of carboxylic acids is 1. The molecule has 0 aromatic rings. The number of rotatable bonds is 14. The first-order valence-electron chi connectivity index (χ1n) is 8.45. The summed E-state index contributed by atoms with van der Waals surface area (Å²) in [5, 5.41) is 28.0. The highest BCUT2D eigenvalue weighted by atomic mass is 16.4. The molecule has 0 rings (SSSR count). The first-order chi connectivity index (χ1) is 10.6. The molecule has 3 N–H and O–H groups in total. The second kappa shape index (κ2) is 14.8. The van der Waals surface area contributed by atoms with Gasteiger partial charge in [0.1, 0.15) is 0 Å². The standard InChI is InChI=1S/C18H32O4/c1-2-3-4-5-6-7-8-9-11-16(19)14-15-17(20)12-10-13-18(21)22/h6-7,9,11,16-17,19-20H,2-5,8,10,12-15H2,1H3,(H,21,22)/b7-6-,11-9-/t16-,17-/m1/s1. The van der Waals surface area contributed by atoms with E-state index in [9.17, 15) is 15.0 Å². The second-order valence-electron chi connectivity index (χ2n) is 5.72. The highest BCUT2D eigenvalue weighted by Crippen LogP contribution is 2.10. The maximum absolute atomic E-state index is 10.4. The number of carbonyl (C=O) groups is 1. The van der Waals surface area contributed by atoms with E-state index in [2.05, 4.69) is 19.1 Å². The monoisotopic (exact) mass is 312 g/mol. The highest BCUT2D eigenvalue weighted by Gasteiger charge is 2.08. The summed E-state index contributed by atoms with van der Waals surface area (Å²) in [4.78, 5) is 10.4. The lowest BCUT2D eigenvalue weighted by Gasteiger charge is -2.11. The first-order valence-corrected chi connectivity index (χ1v) is 8.45. The molecule has 0 aromatic heterocycles. The Morgan fingerprint density at radius 3 is 2.45 bits per heavy atom. The lowest BCUT2D eigenvalue weighted by Crippen LogP contribution is -2.12. The van der Waals surface area contributed by atoms with Crippen LogP contribution in [0.2, 0.25) is 0 Å². The maximum atomic E-state index is 10.4. The number of carboxylic acid groups (broad SMARTS) is 1. The van der Waals surface area contributed by atoms with Crippen LogP contribution in [0.5, 0.6) is 0 Å². The number of hydrogen-bond donors (Lipinski definition) is 3. The van der Waals surface area contributed by atoms with Gasteiger partial charge < -0.3 is 15.3 Å². The third kappa shape index (κ3) is 15.3. The molecule has 0 heterocycles. The average Bonchev–Trinajstić information content (AvgIpc) is 2.47. The number of aliphatic hydroxyl groups excluding tert-OH is 2. The molecule has 0 fully saturated rings. The van der Waals surface area contributed by atoms with Crippen LogP contribution in [0.25, 0.3) is 0 Å². The van der Waals surface area contributed by atoms with Crippen molar-refractivity contribution < 1.29 is 20.1 Å². The van der Waals surface area contributed by atoms with E-state index in [1.165, 1.54) is 19.3 Å². The molecular weight excluding hydrogens is 280 g/mol. The molecule has 0 aromatic carbocycles. The van der Waals surface area contributed by atoms with Gasteiger partial charge in [-0.3, -0.25) is 4.79 Å². The van der Waals surface area contributed by atoms with Gasteiger partial charge in [-0.05, 0) is 44.9 Å². The van der Waals surface area contributed by atoms with Crippen molar-refractivity contribution in [2.75, 3.05) is 0 Å². The van der Waals surface area contributed by atoms with Gasteiger partial charge in [0.25, 0.3) is 0 Å². The lowest BCUT2D eigenvalue weighted by atomic mass is 10.0. The number of hydrogen-bond acceptors (Lipinski definition) is 3. The summed E-state index contributed by atoms with van der Waals surface area (Å²) in [5.41, 5.74) is 0.